The number of rotatable bonds is 12. The maximum atomic E-state index is 13.8. The number of carbonyl (C=O) groups excluding carboxylic acids is 4. The van der Waals surface area contributed by atoms with Gasteiger partial charge in [0.2, 0.25) is 11.8 Å². The van der Waals surface area contributed by atoms with Crippen LogP contribution in [0.1, 0.15) is 56.8 Å². The van der Waals surface area contributed by atoms with E-state index in [0.29, 0.717) is 24.7 Å². The molecule has 292 valence electrons. The van der Waals surface area contributed by atoms with Gasteiger partial charge in [-0.05, 0) is 61.6 Å². The number of carbonyl (C=O) groups is 4. The van der Waals surface area contributed by atoms with Crippen LogP contribution in [0.5, 0.6) is 0 Å². The molecular formula is C39H48N8O7S. The van der Waals surface area contributed by atoms with Gasteiger partial charge >= 0.3 is 12.2 Å². The van der Waals surface area contributed by atoms with Gasteiger partial charge in [0.1, 0.15) is 23.7 Å². The molecule has 0 spiro atoms. The lowest BCUT2D eigenvalue weighted by molar-refractivity contribution is -0.137. The highest BCUT2D eigenvalue weighted by Gasteiger charge is 2.42. The zero-order chi connectivity index (χ0) is 39.2. The van der Waals surface area contributed by atoms with Crippen LogP contribution >= 0.6 is 11.8 Å². The van der Waals surface area contributed by atoms with Crippen LogP contribution in [-0.4, -0.2) is 118 Å². The van der Waals surface area contributed by atoms with Crippen LogP contribution in [0.4, 0.5) is 9.59 Å². The van der Waals surface area contributed by atoms with Crippen molar-refractivity contribution in [3.05, 3.63) is 72.6 Å². The highest BCUT2D eigenvalue weighted by atomic mass is 32.2. The Morgan fingerprint density at radius 2 is 1.29 bits per heavy atom. The molecule has 0 aliphatic carbocycles. The molecule has 0 saturated carbocycles. The third kappa shape index (κ3) is 8.65. The molecule has 4 aromatic rings. The quantitative estimate of drug-likeness (QED) is 0.147. The number of hydrogen-bond donors (Lipinski definition) is 4. The van der Waals surface area contributed by atoms with E-state index < -0.39 is 30.4 Å². The van der Waals surface area contributed by atoms with Crippen LogP contribution in [-0.2, 0) is 23.8 Å². The summed E-state index contributed by atoms with van der Waals surface area (Å²) >= 11 is 1.70. The molecule has 55 heavy (non-hydrogen) atoms. The van der Waals surface area contributed by atoms with E-state index in [1.165, 1.54) is 21.3 Å². The fraction of sp³-hybridized carbons (Fsp3) is 0.436. The van der Waals surface area contributed by atoms with Crippen molar-refractivity contribution in [2.24, 2.45) is 0 Å². The van der Waals surface area contributed by atoms with Crippen molar-refractivity contribution < 1.29 is 33.4 Å². The average Bonchev–Trinajstić information content (AvgIpc) is 4.05. The van der Waals surface area contributed by atoms with Crippen LogP contribution in [0.15, 0.2) is 60.9 Å². The van der Waals surface area contributed by atoms with Gasteiger partial charge in [0, 0.05) is 25.4 Å². The lowest BCUT2D eigenvalue weighted by Crippen LogP contribution is -2.54. The Morgan fingerprint density at radius 1 is 0.764 bits per heavy atom. The monoisotopic (exact) mass is 772 g/mol. The first-order valence-electron chi connectivity index (χ1n) is 18.2. The van der Waals surface area contributed by atoms with Gasteiger partial charge in [-0.15, -0.1) is 0 Å². The number of ether oxygens (including phenoxy) is 3. The number of nitrogens with zero attached hydrogens (tertiary/aromatic N) is 4. The Balaban J connectivity index is 1.12. The van der Waals surface area contributed by atoms with E-state index in [0.717, 1.165) is 52.9 Å². The highest BCUT2D eigenvalue weighted by molar-refractivity contribution is 7.99. The second-order valence-electron chi connectivity index (χ2n) is 13.7. The molecule has 4 N–H and O–H groups in total. The van der Waals surface area contributed by atoms with Crippen LogP contribution in [0, 0.1) is 0 Å². The molecule has 2 saturated heterocycles. The Morgan fingerprint density at radius 3 is 1.82 bits per heavy atom. The van der Waals surface area contributed by atoms with Crippen molar-refractivity contribution in [1.82, 2.24) is 40.4 Å². The molecule has 0 bridgehead atoms. The van der Waals surface area contributed by atoms with Crippen LogP contribution in [0.25, 0.3) is 33.6 Å². The van der Waals surface area contributed by atoms with Crippen LogP contribution in [0.2, 0.25) is 0 Å². The molecule has 15 nitrogen and oxygen atoms in total. The molecule has 2 aromatic heterocycles. The molecule has 2 aliphatic rings. The maximum absolute atomic E-state index is 13.8. The molecule has 0 radical (unpaired) electrons. The first kappa shape index (κ1) is 39.3. The molecule has 6 rings (SSSR count). The first-order chi connectivity index (χ1) is 26.5. The zero-order valence-electron chi connectivity index (χ0n) is 31.8. The van der Waals surface area contributed by atoms with Crippen molar-refractivity contribution in [1.29, 1.82) is 0 Å². The number of aromatic amines is 2. The number of benzene rings is 2. The number of alkyl carbamates (subject to hydrolysis) is 2. The first-order valence-corrected chi connectivity index (χ1v) is 19.5. The molecule has 2 aliphatic heterocycles. The largest absolute Gasteiger partial charge is 0.453 e. The summed E-state index contributed by atoms with van der Waals surface area (Å²) in [4.78, 5) is 70.4. The molecule has 6 atom stereocenters. The van der Waals surface area contributed by atoms with Gasteiger partial charge in [-0.25, -0.2) is 19.6 Å². The lowest BCUT2D eigenvalue weighted by atomic mass is 10.0. The summed E-state index contributed by atoms with van der Waals surface area (Å²) in [5.74, 6) is 0.963. The Labute approximate surface area is 324 Å². The number of amides is 4. The number of likely N-dealkylation sites (tertiary alicyclic amines) is 2. The number of imidazole rings is 2. The van der Waals surface area contributed by atoms with Gasteiger partial charge in [0.05, 0.1) is 56.2 Å². The summed E-state index contributed by atoms with van der Waals surface area (Å²) in [5, 5.41) is 5.41. The highest BCUT2D eigenvalue weighted by Crippen LogP contribution is 2.37. The zero-order valence-corrected chi connectivity index (χ0v) is 32.6. The van der Waals surface area contributed by atoms with Crippen molar-refractivity contribution in [2.45, 2.75) is 68.6 Å². The van der Waals surface area contributed by atoms with Crippen molar-refractivity contribution in [3.63, 3.8) is 0 Å². The molecule has 4 amide bonds. The van der Waals surface area contributed by atoms with Gasteiger partial charge < -0.3 is 44.6 Å². The van der Waals surface area contributed by atoms with Crippen molar-refractivity contribution in [2.75, 3.05) is 40.7 Å². The summed E-state index contributed by atoms with van der Waals surface area (Å²) in [6.07, 6.45) is 6.03. The molecule has 16 heteroatoms. The fourth-order valence-corrected chi connectivity index (χ4v) is 7.89. The van der Waals surface area contributed by atoms with E-state index in [9.17, 15) is 19.2 Å². The second kappa shape index (κ2) is 17.4. The molecule has 0 unspecified atom stereocenters. The van der Waals surface area contributed by atoms with E-state index in [1.54, 1.807) is 47.8 Å². The van der Waals surface area contributed by atoms with Crippen molar-refractivity contribution >= 4 is 35.8 Å². The molecule has 4 heterocycles. The van der Waals surface area contributed by atoms with Gasteiger partial charge in [0.25, 0.3) is 0 Å². The standard InChI is InChI=1S/C39H48N8O7S/c1-22(42-38(50)53-4)36(48)46-17-7-8-31(46)34-40-19-29(43-34)26-13-9-24(10-14-26)25-11-15-27(16-12-25)30-20-41-35(44-30)32-18-28(55-6)21-47(32)37(49)33(23(2)52-3)45-39(51)54-5/h9-16,19-20,22-23,28,31-33H,7-8,17-18,21H2,1-6H3,(H,40,43)(H,41,44)(H,42,50)(H,45,51)/t22-,23+,28-,31-,32-,33-/m0/s1. The van der Waals surface area contributed by atoms with Crippen LogP contribution in [0.3, 0.4) is 0 Å². The number of thioether (sulfide) groups is 1. The van der Waals surface area contributed by atoms with E-state index in [1.807, 2.05) is 30.5 Å². The third-order valence-corrected chi connectivity index (χ3v) is 11.4. The number of aromatic nitrogens is 4. The van der Waals surface area contributed by atoms with E-state index in [4.69, 9.17) is 14.5 Å². The second-order valence-corrected chi connectivity index (χ2v) is 14.9. The van der Waals surface area contributed by atoms with Crippen LogP contribution < -0.4 is 10.6 Å². The van der Waals surface area contributed by atoms with E-state index in [2.05, 4.69) is 54.6 Å². The minimum Gasteiger partial charge on any atom is -0.453 e. The minimum atomic E-state index is -0.915. The maximum Gasteiger partial charge on any atom is 0.407 e. The summed E-state index contributed by atoms with van der Waals surface area (Å²) in [6, 6.07) is 14.3. The Hall–Kier alpha value is -5.35. The van der Waals surface area contributed by atoms with Crippen molar-refractivity contribution in [3.8, 4) is 33.6 Å². The third-order valence-electron chi connectivity index (χ3n) is 10.4. The molecular weight excluding hydrogens is 725 g/mol. The number of H-pyrrole nitrogens is 2. The predicted molar refractivity (Wildman–Crippen MR) is 208 cm³/mol. The summed E-state index contributed by atoms with van der Waals surface area (Å²) in [7, 11) is 4.03. The molecule has 2 aromatic carbocycles. The SMILES string of the molecule is COC(=O)N[C@@H](C)C(=O)N1CCC[C@H]1c1ncc(-c2ccc(-c3ccc(-c4cnc([C@@H]5C[C@H](SC)CN5C(=O)[C@@H](NC(=O)OC)[C@@H](C)OC)[nH]4)cc3)cc2)[nH]1. The normalized spacial score (nSPS) is 19.8. The van der Waals surface area contributed by atoms with Gasteiger partial charge in [-0.1, -0.05) is 48.5 Å². The number of nitrogens with one attached hydrogen (secondary N) is 4. The Bertz CT molecular complexity index is 1970. The minimum absolute atomic E-state index is 0.177. The van der Waals surface area contributed by atoms with Gasteiger partial charge in [0.15, 0.2) is 0 Å². The van der Waals surface area contributed by atoms with Gasteiger partial charge in [-0.2, -0.15) is 11.8 Å². The number of methoxy groups -OCH3 is 3. The average molecular weight is 773 g/mol. The smallest absolute Gasteiger partial charge is 0.407 e. The Kier molecular flexibility index (Phi) is 12.5. The van der Waals surface area contributed by atoms with E-state index >= 15 is 0 Å². The fourth-order valence-electron chi connectivity index (χ4n) is 7.20. The summed E-state index contributed by atoms with van der Waals surface area (Å²) in [6.45, 7) is 4.49. The summed E-state index contributed by atoms with van der Waals surface area (Å²) < 4.78 is 14.9. The van der Waals surface area contributed by atoms with E-state index in [-0.39, 0.29) is 29.1 Å². The topological polar surface area (TPSA) is 184 Å². The predicted octanol–water partition coefficient (Wildman–Crippen LogP) is 5.31. The van der Waals surface area contributed by atoms with Gasteiger partial charge in [-0.3, -0.25) is 9.59 Å². The lowest BCUT2D eigenvalue weighted by Gasteiger charge is -2.30. The summed E-state index contributed by atoms with van der Waals surface area (Å²) in [5.41, 5.74) is 5.69. The number of hydrogen-bond acceptors (Lipinski definition) is 10. The molecule has 2 fully saturated rings.